The topological polar surface area (TPSA) is 38.1 Å². The third kappa shape index (κ3) is 2.64. The van der Waals surface area contributed by atoms with Gasteiger partial charge in [-0.1, -0.05) is 34.6 Å². The van der Waals surface area contributed by atoms with Gasteiger partial charge in [-0.25, -0.2) is 0 Å². The highest BCUT2D eigenvalue weighted by atomic mass is 16.3. The van der Waals surface area contributed by atoms with Gasteiger partial charge in [0.05, 0.1) is 5.54 Å². The van der Waals surface area contributed by atoms with E-state index in [0.29, 0.717) is 5.92 Å². The van der Waals surface area contributed by atoms with E-state index in [2.05, 4.69) is 60.5 Å². The summed E-state index contributed by atoms with van der Waals surface area (Å²) in [6, 6.07) is 0. The number of aromatic nitrogens is 2. The van der Waals surface area contributed by atoms with Crippen LogP contribution in [0.3, 0.4) is 0 Å². The van der Waals surface area contributed by atoms with Gasteiger partial charge >= 0.3 is 0 Å². The molecule has 0 aliphatic carbocycles. The normalized spacial score (nSPS) is 13.5. The molecule has 0 saturated carbocycles. The molecule has 0 atom stereocenters. The third-order valence-electron chi connectivity index (χ3n) is 2.83. The smallest absolute Gasteiger partial charge is 0.234 e. The Labute approximate surface area is 105 Å². The molecule has 98 valence electrons. The van der Waals surface area contributed by atoms with Crippen molar-refractivity contribution >= 4 is 0 Å². The first-order chi connectivity index (χ1) is 7.46. The number of hydrogen-bond acceptors (Lipinski definition) is 2. The minimum Gasteiger partial charge on any atom is -0.492 e. The summed E-state index contributed by atoms with van der Waals surface area (Å²) in [6.45, 7) is 17.0. The highest BCUT2D eigenvalue weighted by Gasteiger charge is 2.32. The fourth-order valence-corrected chi connectivity index (χ4v) is 2.18. The fourth-order valence-electron chi connectivity index (χ4n) is 2.18. The molecule has 0 saturated heterocycles. The Morgan fingerprint density at radius 2 is 1.53 bits per heavy atom. The van der Waals surface area contributed by atoms with E-state index in [9.17, 15) is 5.11 Å². The van der Waals surface area contributed by atoms with Crippen LogP contribution in [-0.2, 0) is 11.0 Å². The molecule has 0 fully saturated rings. The maximum Gasteiger partial charge on any atom is 0.234 e. The van der Waals surface area contributed by atoms with Crippen molar-refractivity contribution in [1.82, 2.24) is 9.78 Å². The molecule has 3 heteroatoms. The minimum atomic E-state index is -0.111. The van der Waals surface area contributed by atoms with Crippen molar-refractivity contribution in [2.45, 2.75) is 72.3 Å². The molecular weight excluding hydrogens is 212 g/mol. The van der Waals surface area contributed by atoms with E-state index in [0.717, 1.165) is 11.3 Å². The van der Waals surface area contributed by atoms with Gasteiger partial charge in [-0.05, 0) is 32.1 Å². The first kappa shape index (κ1) is 14.1. The summed E-state index contributed by atoms with van der Waals surface area (Å²) in [4.78, 5) is 0. The first-order valence-electron chi connectivity index (χ1n) is 6.29. The Morgan fingerprint density at radius 3 is 1.82 bits per heavy atom. The predicted molar refractivity (Wildman–Crippen MR) is 71.7 cm³/mol. The molecule has 1 aromatic heterocycles. The van der Waals surface area contributed by atoms with E-state index in [1.54, 1.807) is 0 Å². The van der Waals surface area contributed by atoms with Crippen molar-refractivity contribution in [3.63, 3.8) is 0 Å². The summed E-state index contributed by atoms with van der Waals surface area (Å²) < 4.78 is 1.97. The Bertz CT molecular complexity index is 403. The molecule has 1 heterocycles. The van der Waals surface area contributed by atoms with Crippen molar-refractivity contribution in [1.29, 1.82) is 0 Å². The standard InChI is InChI=1S/C14H26N2O/c1-9(2)11-10(13(3,4)5)12(17)15-16(11)14(6,7)8/h9H,1-8H3,(H,15,17). The van der Waals surface area contributed by atoms with Crippen molar-refractivity contribution in [3.05, 3.63) is 11.3 Å². The SMILES string of the molecule is CC(C)c1c(C(C)(C)C)c(O)nn1C(C)(C)C. The maximum absolute atomic E-state index is 10.1. The molecule has 0 aliphatic rings. The summed E-state index contributed by atoms with van der Waals surface area (Å²) in [7, 11) is 0. The largest absolute Gasteiger partial charge is 0.492 e. The molecule has 1 N–H and O–H groups in total. The molecule has 0 amide bonds. The van der Waals surface area contributed by atoms with Gasteiger partial charge in [-0.2, -0.15) is 0 Å². The molecule has 17 heavy (non-hydrogen) atoms. The van der Waals surface area contributed by atoms with E-state index in [-0.39, 0.29) is 16.8 Å². The third-order valence-corrected chi connectivity index (χ3v) is 2.83. The quantitative estimate of drug-likeness (QED) is 0.809. The van der Waals surface area contributed by atoms with Gasteiger partial charge in [0.1, 0.15) is 0 Å². The lowest BCUT2D eigenvalue weighted by Gasteiger charge is -2.27. The summed E-state index contributed by atoms with van der Waals surface area (Å²) >= 11 is 0. The second-order valence-corrected chi connectivity index (χ2v) is 7.07. The van der Waals surface area contributed by atoms with Crippen molar-refractivity contribution < 1.29 is 5.11 Å². The average Bonchev–Trinajstić information content (AvgIpc) is 2.40. The van der Waals surface area contributed by atoms with Crippen molar-refractivity contribution in [2.75, 3.05) is 0 Å². The minimum absolute atomic E-state index is 0.0901. The average molecular weight is 238 g/mol. The molecule has 3 nitrogen and oxygen atoms in total. The highest BCUT2D eigenvalue weighted by Crippen LogP contribution is 2.38. The molecule has 0 aromatic carbocycles. The van der Waals surface area contributed by atoms with Gasteiger partial charge in [0.25, 0.3) is 0 Å². The van der Waals surface area contributed by atoms with Crippen LogP contribution in [0.4, 0.5) is 0 Å². The van der Waals surface area contributed by atoms with Crippen LogP contribution in [0.15, 0.2) is 0 Å². The molecule has 1 aromatic rings. The fraction of sp³-hybridized carbons (Fsp3) is 0.786. The molecule has 0 radical (unpaired) electrons. The lowest BCUT2D eigenvalue weighted by atomic mass is 9.84. The van der Waals surface area contributed by atoms with Crippen molar-refractivity contribution in [2.24, 2.45) is 0 Å². The molecule has 0 unspecified atom stereocenters. The van der Waals surface area contributed by atoms with Crippen LogP contribution in [0.1, 0.15) is 72.6 Å². The van der Waals surface area contributed by atoms with Crippen LogP contribution in [0.5, 0.6) is 5.88 Å². The van der Waals surface area contributed by atoms with E-state index in [1.807, 2.05) is 4.68 Å². The van der Waals surface area contributed by atoms with Crippen LogP contribution in [0.25, 0.3) is 0 Å². The summed E-state index contributed by atoms with van der Waals surface area (Å²) in [5.41, 5.74) is 1.92. The van der Waals surface area contributed by atoms with E-state index >= 15 is 0 Å². The van der Waals surface area contributed by atoms with Crippen molar-refractivity contribution in [3.8, 4) is 5.88 Å². The second kappa shape index (κ2) is 4.04. The van der Waals surface area contributed by atoms with E-state index in [1.165, 1.54) is 0 Å². The maximum atomic E-state index is 10.1. The van der Waals surface area contributed by atoms with Gasteiger partial charge in [-0.3, -0.25) is 4.68 Å². The van der Waals surface area contributed by atoms with Gasteiger partial charge < -0.3 is 5.11 Å². The van der Waals surface area contributed by atoms with Crippen LogP contribution in [0.2, 0.25) is 0 Å². The molecule has 0 aliphatic heterocycles. The Balaban J connectivity index is 3.58. The zero-order valence-corrected chi connectivity index (χ0v) is 12.4. The van der Waals surface area contributed by atoms with E-state index < -0.39 is 0 Å². The Hall–Kier alpha value is -0.990. The van der Waals surface area contributed by atoms with Crippen LogP contribution < -0.4 is 0 Å². The Morgan fingerprint density at radius 1 is 1.06 bits per heavy atom. The van der Waals surface area contributed by atoms with E-state index in [4.69, 9.17) is 0 Å². The highest BCUT2D eigenvalue weighted by molar-refractivity contribution is 5.39. The zero-order valence-electron chi connectivity index (χ0n) is 12.4. The summed E-state index contributed by atoms with van der Waals surface area (Å²) in [5.74, 6) is 0.521. The lowest BCUT2D eigenvalue weighted by molar-refractivity contribution is 0.325. The summed E-state index contributed by atoms with van der Waals surface area (Å²) in [6.07, 6.45) is 0. The number of hydrogen-bond donors (Lipinski definition) is 1. The molecular formula is C14H26N2O. The number of nitrogens with zero attached hydrogens (tertiary/aromatic N) is 2. The predicted octanol–water partition coefficient (Wildman–Crippen LogP) is 3.76. The monoisotopic (exact) mass is 238 g/mol. The molecule has 0 spiro atoms. The lowest BCUT2D eigenvalue weighted by Crippen LogP contribution is -2.27. The molecule has 1 rings (SSSR count). The first-order valence-corrected chi connectivity index (χ1v) is 6.29. The van der Waals surface area contributed by atoms with Crippen LogP contribution >= 0.6 is 0 Å². The second-order valence-electron chi connectivity index (χ2n) is 7.07. The van der Waals surface area contributed by atoms with Crippen LogP contribution in [0, 0.1) is 0 Å². The van der Waals surface area contributed by atoms with Crippen LogP contribution in [-0.4, -0.2) is 14.9 Å². The van der Waals surface area contributed by atoms with Gasteiger partial charge in [-0.15, -0.1) is 5.10 Å². The zero-order chi connectivity index (χ0) is 13.6. The van der Waals surface area contributed by atoms with Gasteiger partial charge in [0, 0.05) is 11.3 Å². The Kier molecular flexibility index (Phi) is 3.34. The molecule has 0 bridgehead atoms. The van der Waals surface area contributed by atoms with Gasteiger partial charge in [0.2, 0.25) is 5.88 Å². The number of aromatic hydroxyl groups is 1. The number of rotatable bonds is 1. The summed E-state index contributed by atoms with van der Waals surface area (Å²) in [5, 5.41) is 14.5. The van der Waals surface area contributed by atoms with Gasteiger partial charge in [0.15, 0.2) is 0 Å².